The minimum atomic E-state index is -0.480. The third-order valence-corrected chi connectivity index (χ3v) is 3.39. The van der Waals surface area contributed by atoms with Crippen molar-refractivity contribution in [1.29, 1.82) is 5.26 Å². The van der Waals surface area contributed by atoms with Crippen LogP contribution in [0.5, 0.6) is 0 Å². The molecule has 0 saturated carbocycles. The highest BCUT2D eigenvalue weighted by Gasteiger charge is 2.34. The Morgan fingerprint density at radius 3 is 2.67 bits per heavy atom. The molecule has 2 rings (SSSR count). The fraction of sp³-hybridized carbons (Fsp3) is 0.429. The molecule has 1 saturated heterocycles. The largest absolute Gasteiger partial charge is 0.324 e. The molecule has 1 aliphatic rings. The van der Waals surface area contributed by atoms with Gasteiger partial charge in [0, 0.05) is 5.69 Å². The Morgan fingerprint density at radius 1 is 1.39 bits per heavy atom. The van der Waals surface area contributed by atoms with E-state index >= 15 is 0 Å². The molecule has 0 spiro atoms. The van der Waals surface area contributed by atoms with Gasteiger partial charge in [0.1, 0.15) is 0 Å². The van der Waals surface area contributed by atoms with Crippen molar-refractivity contribution in [3.8, 4) is 6.07 Å². The molecule has 0 radical (unpaired) electrons. The first-order chi connectivity index (χ1) is 8.64. The van der Waals surface area contributed by atoms with Gasteiger partial charge in [0.05, 0.1) is 17.2 Å². The second kappa shape index (κ2) is 5.19. The molecule has 0 aromatic heterocycles. The summed E-state index contributed by atoms with van der Waals surface area (Å²) in [4.78, 5) is 12.2. The van der Waals surface area contributed by atoms with Crippen molar-refractivity contribution in [2.75, 3.05) is 11.9 Å². The Hall–Kier alpha value is -1.86. The van der Waals surface area contributed by atoms with Gasteiger partial charge in [0.25, 0.3) is 0 Å². The molecule has 1 atom stereocenters. The Labute approximate surface area is 107 Å². The number of carbonyl (C=O) groups excluding carboxylic acids is 1. The Balaban J connectivity index is 2.04. The average molecular weight is 243 g/mol. The summed E-state index contributed by atoms with van der Waals surface area (Å²) in [6, 6.07) is 8.96. The molecule has 1 amide bonds. The van der Waals surface area contributed by atoms with Crippen LogP contribution in [0.4, 0.5) is 5.69 Å². The summed E-state index contributed by atoms with van der Waals surface area (Å²) in [5, 5.41) is 14.9. The number of anilines is 1. The van der Waals surface area contributed by atoms with Crippen LogP contribution < -0.4 is 10.6 Å². The van der Waals surface area contributed by atoms with Crippen molar-refractivity contribution in [3.63, 3.8) is 0 Å². The van der Waals surface area contributed by atoms with Gasteiger partial charge in [-0.25, -0.2) is 0 Å². The lowest BCUT2D eigenvalue weighted by atomic mass is 9.90. The van der Waals surface area contributed by atoms with Crippen molar-refractivity contribution in [3.05, 3.63) is 29.8 Å². The molecule has 0 bridgehead atoms. The number of benzene rings is 1. The smallest absolute Gasteiger partial charge is 0.244 e. The third-order valence-electron chi connectivity index (χ3n) is 3.39. The molecule has 1 heterocycles. The molecule has 4 nitrogen and oxygen atoms in total. The molecule has 94 valence electrons. The van der Waals surface area contributed by atoms with Gasteiger partial charge in [0.2, 0.25) is 5.91 Å². The van der Waals surface area contributed by atoms with E-state index in [0.717, 1.165) is 31.5 Å². The highest BCUT2D eigenvalue weighted by atomic mass is 16.2. The fourth-order valence-electron chi connectivity index (χ4n) is 2.15. The number of amides is 1. The number of piperidine rings is 1. The zero-order valence-electron chi connectivity index (χ0n) is 10.5. The van der Waals surface area contributed by atoms with Crippen LogP contribution in [0, 0.1) is 11.3 Å². The van der Waals surface area contributed by atoms with E-state index in [1.807, 2.05) is 6.92 Å². The van der Waals surface area contributed by atoms with Gasteiger partial charge in [-0.2, -0.15) is 5.26 Å². The van der Waals surface area contributed by atoms with Crippen molar-refractivity contribution in [2.45, 2.75) is 31.7 Å². The van der Waals surface area contributed by atoms with E-state index in [1.54, 1.807) is 24.3 Å². The number of nitriles is 1. The van der Waals surface area contributed by atoms with Crippen LogP contribution in [0.15, 0.2) is 24.3 Å². The van der Waals surface area contributed by atoms with Crippen LogP contribution in [0.2, 0.25) is 0 Å². The van der Waals surface area contributed by atoms with Crippen LogP contribution in [-0.4, -0.2) is 18.0 Å². The summed E-state index contributed by atoms with van der Waals surface area (Å²) in [5.74, 6) is -0.00749. The Kier molecular flexibility index (Phi) is 3.63. The van der Waals surface area contributed by atoms with Crippen LogP contribution in [-0.2, 0) is 4.79 Å². The zero-order valence-corrected chi connectivity index (χ0v) is 10.5. The maximum atomic E-state index is 12.2. The normalized spacial score (nSPS) is 23.1. The third kappa shape index (κ3) is 2.69. The van der Waals surface area contributed by atoms with E-state index in [1.165, 1.54) is 0 Å². The number of hydrogen-bond acceptors (Lipinski definition) is 3. The van der Waals surface area contributed by atoms with Crippen LogP contribution >= 0.6 is 0 Å². The molecule has 1 unspecified atom stereocenters. The number of carbonyl (C=O) groups is 1. The van der Waals surface area contributed by atoms with Gasteiger partial charge >= 0.3 is 0 Å². The van der Waals surface area contributed by atoms with Gasteiger partial charge in [-0.15, -0.1) is 0 Å². The maximum Gasteiger partial charge on any atom is 0.244 e. The Bertz CT molecular complexity index is 467. The van der Waals surface area contributed by atoms with Crippen molar-refractivity contribution in [2.24, 2.45) is 0 Å². The molecule has 18 heavy (non-hydrogen) atoms. The molecular weight excluding hydrogens is 226 g/mol. The van der Waals surface area contributed by atoms with E-state index in [9.17, 15) is 4.79 Å². The Morgan fingerprint density at radius 2 is 2.11 bits per heavy atom. The van der Waals surface area contributed by atoms with Gasteiger partial charge in [-0.3, -0.25) is 4.79 Å². The van der Waals surface area contributed by atoms with Crippen LogP contribution in [0.1, 0.15) is 31.7 Å². The van der Waals surface area contributed by atoms with Crippen molar-refractivity contribution < 1.29 is 4.79 Å². The van der Waals surface area contributed by atoms with Gasteiger partial charge in [-0.05, 0) is 57.0 Å². The average Bonchev–Trinajstić information content (AvgIpc) is 2.40. The van der Waals surface area contributed by atoms with Crippen molar-refractivity contribution in [1.82, 2.24) is 5.32 Å². The highest BCUT2D eigenvalue weighted by Crippen LogP contribution is 2.21. The van der Waals surface area contributed by atoms with Gasteiger partial charge < -0.3 is 10.6 Å². The first-order valence-electron chi connectivity index (χ1n) is 6.21. The van der Waals surface area contributed by atoms with Gasteiger partial charge in [0.15, 0.2) is 0 Å². The molecule has 1 aliphatic heterocycles. The summed E-state index contributed by atoms with van der Waals surface area (Å²) in [5.41, 5.74) is 0.842. The second-order valence-electron chi connectivity index (χ2n) is 4.86. The number of nitrogens with zero attached hydrogens (tertiary/aromatic N) is 1. The lowest BCUT2D eigenvalue weighted by molar-refractivity contribution is -0.122. The van der Waals surface area contributed by atoms with Crippen molar-refractivity contribution >= 4 is 11.6 Å². The lowest BCUT2D eigenvalue weighted by Crippen LogP contribution is -2.54. The second-order valence-corrected chi connectivity index (χ2v) is 4.86. The summed E-state index contributed by atoms with van der Waals surface area (Å²) in [6.45, 7) is 2.82. The molecule has 1 fully saturated rings. The summed E-state index contributed by atoms with van der Waals surface area (Å²) in [6.07, 6.45) is 3.05. The summed E-state index contributed by atoms with van der Waals surface area (Å²) >= 11 is 0. The molecule has 4 heteroatoms. The maximum absolute atomic E-state index is 12.2. The minimum Gasteiger partial charge on any atom is -0.324 e. The summed E-state index contributed by atoms with van der Waals surface area (Å²) < 4.78 is 0. The fourth-order valence-corrected chi connectivity index (χ4v) is 2.15. The molecule has 1 aromatic carbocycles. The van der Waals surface area contributed by atoms with E-state index in [0.29, 0.717) is 5.56 Å². The molecule has 1 aromatic rings. The summed E-state index contributed by atoms with van der Waals surface area (Å²) in [7, 11) is 0. The monoisotopic (exact) mass is 243 g/mol. The number of nitrogens with one attached hydrogen (secondary N) is 2. The molecular formula is C14H17N3O. The quantitative estimate of drug-likeness (QED) is 0.835. The first kappa shape index (κ1) is 12.6. The molecule has 0 aliphatic carbocycles. The number of hydrogen-bond donors (Lipinski definition) is 2. The lowest BCUT2D eigenvalue weighted by Gasteiger charge is -2.33. The predicted molar refractivity (Wildman–Crippen MR) is 70.0 cm³/mol. The zero-order chi connectivity index (χ0) is 13.0. The SMILES string of the molecule is CC1(C(=O)Nc2ccc(C#N)cc2)CCCCN1. The molecule has 2 N–H and O–H groups in total. The van der Waals surface area contributed by atoms with Gasteiger partial charge in [-0.1, -0.05) is 0 Å². The minimum absolute atomic E-state index is 0.00749. The predicted octanol–water partition coefficient (Wildman–Crippen LogP) is 2.03. The van der Waals surface area contributed by atoms with E-state index in [4.69, 9.17) is 5.26 Å². The van der Waals surface area contributed by atoms with Crippen LogP contribution in [0.25, 0.3) is 0 Å². The van der Waals surface area contributed by atoms with E-state index in [2.05, 4.69) is 16.7 Å². The topological polar surface area (TPSA) is 64.9 Å². The highest BCUT2D eigenvalue weighted by molar-refractivity contribution is 5.97. The standard InChI is InChI=1S/C14H17N3O/c1-14(8-2-3-9-16-14)13(18)17-12-6-4-11(10-15)5-7-12/h4-7,16H,2-3,8-9H2,1H3,(H,17,18). The van der Waals surface area contributed by atoms with Crippen LogP contribution in [0.3, 0.4) is 0 Å². The van der Waals surface area contributed by atoms with E-state index in [-0.39, 0.29) is 5.91 Å². The number of rotatable bonds is 2. The first-order valence-corrected chi connectivity index (χ1v) is 6.21. The van der Waals surface area contributed by atoms with E-state index < -0.39 is 5.54 Å².